The molecular formula is C22H32O2. The van der Waals surface area contributed by atoms with Crippen molar-refractivity contribution in [1.82, 2.24) is 0 Å². The standard InChI is InChI=1S/C22H32O2/c1-7-9-17-11-13(3)21(23)19(15(17)5)20-16(6)18(10-8-2)12-14(4)22(20)24/h11-12,19,21,23-24H,7-10H2,1-6H3/t19?,21-/m0/s1. The molecule has 1 unspecified atom stereocenters. The smallest absolute Gasteiger partial charge is 0.122 e. The van der Waals surface area contributed by atoms with Crippen molar-refractivity contribution in [2.75, 3.05) is 0 Å². The van der Waals surface area contributed by atoms with E-state index in [1.807, 2.05) is 13.8 Å². The summed E-state index contributed by atoms with van der Waals surface area (Å²) >= 11 is 0. The first-order valence-corrected chi connectivity index (χ1v) is 9.21. The second-order valence-electron chi connectivity index (χ2n) is 7.26. The van der Waals surface area contributed by atoms with Gasteiger partial charge in [-0.2, -0.15) is 0 Å². The topological polar surface area (TPSA) is 40.5 Å². The number of aliphatic hydroxyl groups is 1. The SMILES string of the molecule is CCCC1=C(C)C(c2c(C)c(CCC)cc(C)c2O)[C@@H](O)C(C)=C1. The Kier molecular flexibility index (Phi) is 5.92. The Hall–Kier alpha value is -1.54. The Labute approximate surface area is 146 Å². The molecule has 0 bridgehead atoms. The lowest BCUT2D eigenvalue weighted by Crippen LogP contribution is -2.26. The Bertz CT molecular complexity index is 680. The Morgan fingerprint density at radius 1 is 1.00 bits per heavy atom. The van der Waals surface area contributed by atoms with E-state index >= 15 is 0 Å². The van der Waals surface area contributed by atoms with Gasteiger partial charge in [-0.15, -0.1) is 0 Å². The van der Waals surface area contributed by atoms with Crippen LogP contribution in [0, 0.1) is 13.8 Å². The summed E-state index contributed by atoms with van der Waals surface area (Å²) in [6, 6.07) is 2.10. The highest BCUT2D eigenvalue weighted by molar-refractivity contribution is 5.56. The zero-order chi connectivity index (χ0) is 18.0. The summed E-state index contributed by atoms with van der Waals surface area (Å²) in [6.07, 6.45) is 5.74. The minimum Gasteiger partial charge on any atom is -0.507 e. The summed E-state index contributed by atoms with van der Waals surface area (Å²) in [5, 5.41) is 21.7. The van der Waals surface area contributed by atoms with Crippen LogP contribution in [0.5, 0.6) is 5.75 Å². The maximum atomic E-state index is 10.9. The first-order valence-electron chi connectivity index (χ1n) is 9.21. The molecule has 132 valence electrons. The number of rotatable bonds is 5. The van der Waals surface area contributed by atoms with Gasteiger partial charge < -0.3 is 10.2 Å². The molecule has 0 saturated carbocycles. The van der Waals surface area contributed by atoms with Crippen molar-refractivity contribution < 1.29 is 10.2 Å². The molecular weight excluding hydrogens is 296 g/mol. The lowest BCUT2D eigenvalue weighted by molar-refractivity contribution is 0.186. The number of benzene rings is 1. The van der Waals surface area contributed by atoms with Gasteiger partial charge >= 0.3 is 0 Å². The van der Waals surface area contributed by atoms with Gasteiger partial charge in [-0.3, -0.25) is 0 Å². The summed E-state index contributed by atoms with van der Waals surface area (Å²) in [6.45, 7) is 12.5. The average molecular weight is 328 g/mol. The lowest BCUT2D eigenvalue weighted by Gasteiger charge is -2.33. The summed E-state index contributed by atoms with van der Waals surface area (Å²) in [4.78, 5) is 0. The Morgan fingerprint density at radius 2 is 1.62 bits per heavy atom. The molecule has 1 aromatic rings. The van der Waals surface area contributed by atoms with Gasteiger partial charge in [0.15, 0.2) is 0 Å². The number of aliphatic hydroxyl groups excluding tert-OH is 1. The van der Waals surface area contributed by atoms with Crippen LogP contribution < -0.4 is 0 Å². The molecule has 1 aliphatic carbocycles. The van der Waals surface area contributed by atoms with Gasteiger partial charge in [0.25, 0.3) is 0 Å². The fourth-order valence-corrected chi connectivity index (χ4v) is 4.00. The highest BCUT2D eigenvalue weighted by atomic mass is 16.3. The highest BCUT2D eigenvalue weighted by Gasteiger charge is 2.33. The van der Waals surface area contributed by atoms with E-state index < -0.39 is 6.10 Å². The molecule has 1 aliphatic rings. The van der Waals surface area contributed by atoms with E-state index in [2.05, 4.69) is 39.8 Å². The summed E-state index contributed by atoms with van der Waals surface area (Å²) in [5.74, 6) is 0.202. The number of hydrogen-bond donors (Lipinski definition) is 2. The van der Waals surface area contributed by atoms with Gasteiger partial charge in [0.05, 0.1) is 6.10 Å². The summed E-state index contributed by atoms with van der Waals surface area (Å²) in [5.41, 5.74) is 7.74. The molecule has 0 aromatic heterocycles. The number of aryl methyl sites for hydroxylation is 2. The number of phenols is 1. The van der Waals surface area contributed by atoms with Crippen LogP contribution in [-0.4, -0.2) is 16.3 Å². The third-order valence-electron chi connectivity index (χ3n) is 5.41. The molecule has 2 nitrogen and oxygen atoms in total. The Morgan fingerprint density at radius 3 is 2.21 bits per heavy atom. The number of hydrogen-bond acceptors (Lipinski definition) is 2. The first-order chi connectivity index (χ1) is 11.3. The van der Waals surface area contributed by atoms with E-state index in [0.717, 1.165) is 47.9 Å². The van der Waals surface area contributed by atoms with E-state index in [9.17, 15) is 10.2 Å². The summed E-state index contributed by atoms with van der Waals surface area (Å²) < 4.78 is 0. The van der Waals surface area contributed by atoms with Gasteiger partial charge in [-0.05, 0) is 68.4 Å². The fraction of sp³-hybridized carbons (Fsp3) is 0.545. The van der Waals surface area contributed by atoms with Crippen molar-refractivity contribution in [2.45, 2.75) is 79.2 Å². The van der Waals surface area contributed by atoms with Crippen LogP contribution >= 0.6 is 0 Å². The highest BCUT2D eigenvalue weighted by Crippen LogP contribution is 2.45. The quantitative estimate of drug-likeness (QED) is 0.751. The fourth-order valence-electron chi connectivity index (χ4n) is 4.00. The van der Waals surface area contributed by atoms with Crippen LogP contribution in [0.25, 0.3) is 0 Å². The van der Waals surface area contributed by atoms with Crippen LogP contribution in [-0.2, 0) is 6.42 Å². The van der Waals surface area contributed by atoms with Gasteiger partial charge in [-0.1, -0.05) is 44.4 Å². The Balaban J connectivity index is 2.67. The van der Waals surface area contributed by atoms with Gasteiger partial charge in [0.2, 0.25) is 0 Å². The zero-order valence-electron chi connectivity index (χ0n) is 16.0. The van der Waals surface area contributed by atoms with E-state index in [1.165, 1.54) is 16.7 Å². The van der Waals surface area contributed by atoms with E-state index in [1.54, 1.807) is 0 Å². The molecule has 1 aromatic carbocycles. The van der Waals surface area contributed by atoms with E-state index in [4.69, 9.17) is 0 Å². The summed E-state index contributed by atoms with van der Waals surface area (Å²) in [7, 11) is 0. The molecule has 0 heterocycles. The minimum atomic E-state index is -0.563. The van der Waals surface area contributed by atoms with Gasteiger partial charge in [-0.25, -0.2) is 0 Å². The normalized spacial score (nSPS) is 21.2. The maximum absolute atomic E-state index is 10.9. The molecule has 2 atom stereocenters. The third-order valence-corrected chi connectivity index (χ3v) is 5.41. The lowest BCUT2D eigenvalue weighted by atomic mass is 9.74. The average Bonchev–Trinajstić information content (AvgIpc) is 2.53. The maximum Gasteiger partial charge on any atom is 0.122 e. The molecule has 0 saturated heterocycles. The van der Waals surface area contributed by atoms with E-state index in [-0.39, 0.29) is 5.92 Å². The molecule has 2 heteroatoms. The van der Waals surface area contributed by atoms with Gasteiger partial charge in [0, 0.05) is 11.5 Å². The van der Waals surface area contributed by atoms with Crippen molar-refractivity contribution in [2.24, 2.45) is 0 Å². The zero-order valence-corrected chi connectivity index (χ0v) is 16.0. The molecule has 0 radical (unpaired) electrons. The molecule has 0 amide bonds. The number of aromatic hydroxyl groups is 1. The van der Waals surface area contributed by atoms with Crippen molar-refractivity contribution >= 4 is 0 Å². The van der Waals surface area contributed by atoms with Crippen LogP contribution in [0.1, 0.15) is 75.1 Å². The predicted molar refractivity (Wildman–Crippen MR) is 102 cm³/mol. The molecule has 2 rings (SSSR count). The van der Waals surface area contributed by atoms with Crippen molar-refractivity contribution in [3.63, 3.8) is 0 Å². The predicted octanol–water partition coefficient (Wildman–Crippen LogP) is 5.48. The van der Waals surface area contributed by atoms with Crippen LogP contribution in [0.3, 0.4) is 0 Å². The second-order valence-corrected chi connectivity index (χ2v) is 7.26. The minimum absolute atomic E-state index is 0.146. The molecule has 2 N–H and O–H groups in total. The van der Waals surface area contributed by atoms with Gasteiger partial charge in [0.1, 0.15) is 5.75 Å². The number of phenolic OH excluding ortho intramolecular Hbond substituents is 1. The van der Waals surface area contributed by atoms with Crippen LogP contribution in [0.2, 0.25) is 0 Å². The van der Waals surface area contributed by atoms with Crippen molar-refractivity contribution in [3.05, 3.63) is 51.1 Å². The third kappa shape index (κ3) is 3.30. The van der Waals surface area contributed by atoms with Crippen LogP contribution in [0.4, 0.5) is 0 Å². The van der Waals surface area contributed by atoms with Crippen molar-refractivity contribution in [1.29, 1.82) is 0 Å². The first kappa shape index (κ1) is 18.8. The molecule has 0 spiro atoms. The van der Waals surface area contributed by atoms with E-state index in [0.29, 0.717) is 5.75 Å². The van der Waals surface area contributed by atoms with Crippen molar-refractivity contribution in [3.8, 4) is 5.75 Å². The molecule has 0 aliphatic heterocycles. The second kappa shape index (κ2) is 7.57. The molecule has 24 heavy (non-hydrogen) atoms. The largest absolute Gasteiger partial charge is 0.507 e. The monoisotopic (exact) mass is 328 g/mol. The number of allylic oxidation sites excluding steroid dienone is 2. The van der Waals surface area contributed by atoms with Crippen LogP contribution in [0.15, 0.2) is 28.9 Å². The molecule has 0 fully saturated rings.